The Morgan fingerprint density at radius 1 is 1.32 bits per heavy atom. The van der Waals surface area contributed by atoms with Crippen LogP contribution in [0.25, 0.3) is 10.9 Å². The number of anilines is 2. The standard InChI is InChI=1S/C13H10N4O2/c18-13(19)10-2-1-5-14-12(10)16-9-3-4-11-8(6-9)7-15-17-11/h1-7H,(H,14,16)(H,15,17)(H,18,19). The van der Waals surface area contributed by atoms with Gasteiger partial charge in [0, 0.05) is 17.3 Å². The zero-order valence-electron chi connectivity index (χ0n) is 9.79. The van der Waals surface area contributed by atoms with Crippen molar-refractivity contribution >= 4 is 28.4 Å². The lowest BCUT2D eigenvalue weighted by atomic mass is 10.2. The van der Waals surface area contributed by atoms with Crippen LogP contribution in [0.2, 0.25) is 0 Å². The molecule has 1 aromatic carbocycles. The fraction of sp³-hybridized carbons (Fsp3) is 0. The molecule has 0 spiro atoms. The third-order valence-electron chi connectivity index (χ3n) is 2.74. The van der Waals surface area contributed by atoms with Gasteiger partial charge in [0.05, 0.1) is 11.7 Å². The Hall–Kier alpha value is -2.89. The highest BCUT2D eigenvalue weighted by Crippen LogP contribution is 2.21. The minimum atomic E-state index is -1.01. The van der Waals surface area contributed by atoms with Crippen molar-refractivity contribution < 1.29 is 9.90 Å². The van der Waals surface area contributed by atoms with Gasteiger partial charge in [-0.3, -0.25) is 5.10 Å². The van der Waals surface area contributed by atoms with Gasteiger partial charge < -0.3 is 10.4 Å². The SMILES string of the molecule is O=C(O)c1cccnc1Nc1ccc2[nH]ncc2c1. The van der Waals surface area contributed by atoms with E-state index in [4.69, 9.17) is 5.11 Å². The molecular formula is C13H10N4O2. The number of nitrogens with zero attached hydrogens (tertiary/aromatic N) is 2. The number of fused-ring (bicyclic) bond motifs is 1. The smallest absolute Gasteiger partial charge is 0.339 e. The van der Waals surface area contributed by atoms with E-state index in [-0.39, 0.29) is 5.56 Å². The fourth-order valence-corrected chi connectivity index (χ4v) is 1.83. The van der Waals surface area contributed by atoms with E-state index in [1.54, 1.807) is 18.5 Å². The minimum absolute atomic E-state index is 0.134. The predicted molar refractivity (Wildman–Crippen MR) is 70.6 cm³/mol. The average molecular weight is 254 g/mol. The summed E-state index contributed by atoms with van der Waals surface area (Å²) in [7, 11) is 0. The summed E-state index contributed by atoms with van der Waals surface area (Å²) in [6.07, 6.45) is 3.25. The molecule has 94 valence electrons. The molecule has 0 saturated heterocycles. The van der Waals surface area contributed by atoms with Crippen molar-refractivity contribution in [2.24, 2.45) is 0 Å². The zero-order valence-corrected chi connectivity index (χ0v) is 9.79. The monoisotopic (exact) mass is 254 g/mol. The summed E-state index contributed by atoms with van der Waals surface area (Å²) in [5, 5.41) is 19.8. The van der Waals surface area contributed by atoms with Crippen molar-refractivity contribution in [1.29, 1.82) is 0 Å². The lowest BCUT2D eigenvalue weighted by Crippen LogP contribution is -2.04. The van der Waals surface area contributed by atoms with E-state index in [9.17, 15) is 4.79 Å². The topological polar surface area (TPSA) is 90.9 Å². The second kappa shape index (κ2) is 4.41. The predicted octanol–water partition coefficient (Wildman–Crippen LogP) is 2.40. The number of rotatable bonds is 3. The highest BCUT2D eigenvalue weighted by Gasteiger charge is 2.10. The van der Waals surface area contributed by atoms with Gasteiger partial charge in [0.25, 0.3) is 0 Å². The molecule has 2 aromatic heterocycles. The number of benzene rings is 1. The van der Waals surface area contributed by atoms with E-state index in [0.29, 0.717) is 5.82 Å². The highest BCUT2D eigenvalue weighted by molar-refractivity contribution is 5.94. The van der Waals surface area contributed by atoms with E-state index in [0.717, 1.165) is 16.6 Å². The summed E-state index contributed by atoms with van der Waals surface area (Å²) in [4.78, 5) is 15.1. The van der Waals surface area contributed by atoms with Crippen LogP contribution in [-0.4, -0.2) is 26.3 Å². The van der Waals surface area contributed by atoms with Crippen LogP contribution < -0.4 is 5.32 Å². The number of aromatic carboxylic acids is 1. The molecule has 0 unspecified atom stereocenters. The van der Waals surface area contributed by atoms with Crippen LogP contribution >= 0.6 is 0 Å². The maximum Gasteiger partial charge on any atom is 0.339 e. The van der Waals surface area contributed by atoms with E-state index in [2.05, 4.69) is 20.5 Å². The molecule has 19 heavy (non-hydrogen) atoms. The molecule has 0 bridgehead atoms. The first-order valence-corrected chi connectivity index (χ1v) is 5.62. The average Bonchev–Trinajstić information content (AvgIpc) is 2.86. The normalized spacial score (nSPS) is 10.5. The Morgan fingerprint density at radius 2 is 2.21 bits per heavy atom. The Morgan fingerprint density at radius 3 is 3.05 bits per heavy atom. The molecule has 0 aliphatic heterocycles. The van der Waals surface area contributed by atoms with Crippen LogP contribution in [0.4, 0.5) is 11.5 Å². The molecule has 3 rings (SSSR count). The molecule has 0 radical (unpaired) electrons. The second-order valence-electron chi connectivity index (χ2n) is 4.00. The number of pyridine rings is 1. The third kappa shape index (κ3) is 2.11. The maximum atomic E-state index is 11.1. The Bertz CT molecular complexity index is 751. The van der Waals surface area contributed by atoms with Gasteiger partial charge in [-0.15, -0.1) is 0 Å². The Kier molecular flexibility index (Phi) is 2.60. The van der Waals surface area contributed by atoms with Crippen molar-refractivity contribution in [2.45, 2.75) is 0 Å². The van der Waals surface area contributed by atoms with E-state index < -0.39 is 5.97 Å². The van der Waals surface area contributed by atoms with Crippen molar-refractivity contribution in [2.75, 3.05) is 5.32 Å². The number of nitrogens with one attached hydrogen (secondary N) is 2. The van der Waals surface area contributed by atoms with Crippen molar-refractivity contribution in [3.63, 3.8) is 0 Å². The first-order valence-electron chi connectivity index (χ1n) is 5.62. The van der Waals surface area contributed by atoms with Gasteiger partial charge in [-0.2, -0.15) is 5.10 Å². The summed E-state index contributed by atoms with van der Waals surface area (Å²) in [5.74, 6) is -0.696. The third-order valence-corrected chi connectivity index (χ3v) is 2.74. The van der Waals surface area contributed by atoms with E-state index >= 15 is 0 Å². The van der Waals surface area contributed by atoms with Crippen LogP contribution in [0.1, 0.15) is 10.4 Å². The highest BCUT2D eigenvalue weighted by atomic mass is 16.4. The number of hydrogen-bond donors (Lipinski definition) is 3. The Balaban J connectivity index is 1.98. The number of hydrogen-bond acceptors (Lipinski definition) is 4. The molecule has 0 amide bonds. The summed E-state index contributed by atoms with van der Waals surface area (Å²) >= 11 is 0. The largest absolute Gasteiger partial charge is 0.478 e. The lowest BCUT2D eigenvalue weighted by Gasteiger charge is -2.08. The van der Waals surface area contributed by atoms with Crippen molar-refractivity contribution in [3.05, 3.63) is 48.3 Å². The summed E-state index contributed by atoms with van der Waals surface area (Å²) in [6, 6.07) is 8.68. The molecular weight excluding hydrogens is 244 g/mol. The Labute approximate surface area is 108 Å². The van der Waals surface area contributed by atoms with Crippen molar-refractivity contribution in [1.82, 2.24) is 15.2 Å². The number of H-pyrrole nitrogens is 1. The molecule has 6 nitrogen and oxygen atoms in total. The van der Waals surface area contributed by atoms with E-state index in [1.807, 2.05) is 18.2 Å². The summed E-state index contributed by atoms with van der Waals surface area (Å²) in [5.41, 5.74) is 1.81. The summed E-state index contributed by atoms with van der Waals surface area (Å²) < 4.78 is 0. The number of carbonyl (C=O) groups is 1. The lowest BCUT2D eigenvalue weighted by molar-refractivity contribution is 0.0697. The fourth-order valence-electron chi connectivity index (χ4n) is 1.83. The molecule has 6 heteroatoms. The van der Waals surface area contributed by atoms with Crippen LogP contribution in [0, 0.1) is 0 Å². The van der Waals surface area contributed by atoms with Gasteiger partial charge in [0.15, 0.2) is 0 Å². The molecule has 3 N–H and O–H groups in total. The second-order valence-corrected chi connectivity index (χ2v) is 4.00. The van der Waals surface area contributed by atoms with Gasteiger partial charge in [-0.25, -0.2) is 9.78 Å². The molecule has 0 saturated carbocycles. The number of aromatic nitrogens is 3. The molecule has 0 aliphatic carbocycles. The number of carboxylic acids is 1. The van der Waals surface area contributed by atoms with E-state index in [1.165, 1.54) is 6.07 Å². The molecule has 3 aromatic rings. The van der Waals surface area contributed by atoms with Crippen LogP contribution in [0.3, 0.4) is 0 Å². The van der Waals surface area contributed by atoms with Gasteiger partial charge >= 0.3 is 5.97 Å². The summed E-state index contributed by atoms with van der Waals surface area (Å²) in [6.45, 7) is 0. The minimum Gasteiger partial charge on any atom is -0.478 e. The first kappa shape index (κ1) is 11.2. The molecule has 0 fully saturated rings. The number of carboxylic acid groups (broad SMARTS) is 1. The molecule has 0 aliphatic rings. The first-order chi connectivity index (χ1) is 9.24. The van der Waals surface area contributed by atoms with Gasteiger partial charge in [0.1, 0.15) is 11.4 Å². The molecule has 0 atom stereocenters. The van der Waals surface area contributed by atoms with Crippen LogP contribution in [0.5, 0.6) is 0 Å². The quantitative estimate of drug-likeness (QED) is 0.667. The van der Waals surface area contributed by atoms with Crippen molar-refractivity contribution in [3.8, 4) is 0 Å². The van der Waals surface area contributed by atoms with Gasteiger partial charge in [-0.05, 0) is 30.3 Å². The zero-order chi connectivity index (χ0) is 13.2. The van der Waals surface area contributed by atoms with Crippen LogP contribution in [-0.2, 0) is 0 Å². The van der Waals surface area contributed by atoms with Gasteiger partial charge in [-0.1, -0.05) is 0 Å². The number of aromatic amines is 1. The van der Waals surface area contributed by atoms with Gasteiger partial charge in [0.2, 0.25) is 0 Å². The molecule has 2 heterocycles. The maximum absolute atomic E-state index is 11.1. The van der Waals surface area contributed by atoms with Crippen LogP contribution in [0.15, 0.2) is 42.7 Å².